The first-order valence-corrected chi connectivity index (χ1v) is 14.4. The summed E-state index contributed by atoms with van der Waals surface area (Å²) in [6, 6.07) is 0. The monoisotopic (exact) mass is 502 g/mol. The summed E-state index contributed by atoms with van der Waals surface area (Å²) in [5.41, 5.74) is 0.352. The highest BCUT2D eigenvalue weighted by Crippen LogP contribution is 2.75. The molecule has 0 bridgehead atoms. The van der Waals surface area contributed by atoms with Gasteiger partial charge in [-0.1, -0.05) is 53.2 Å². The van der Waals surface area contributed by atoms with Gasteiger partial charge in [-0.25, -0.2) is 0 Å². The molecule has 0 aromatic rings. The fourth-order valence-corrected chi connectivity index (χ4v) is 11.0. The average Bonchev–Trinajstić information content (AvgIpc) is 2.81. The summed E-state index contributed by atoms with van der Waals surface area (Å²) < 4.78 is 5.85. The van der Waals surface area contributed by atoms with Crippen molar-refractivity contribution in [2.24, 2.45) is 50.2 Å². The van der Waals surface area contributed by atoms with Crippen molar-refractivity contribution < 1.29 is 24.9 Å². The van der Waals surface area contributed by atoms with Crippen molar-refractivity contribution >= 4 is 5.97 Å². The van der Waals surface area contributed by atoms with Crippen molar-refractivity contribution in [3.05, 3.63) is 11.6 Å². The predicted octanol–water partition coefficient (Wildman–Crippen LogP) is 5.83. The molecular formula is C31H50O5. The number of allylic oxidation sites excluding steroid dienone is 2. The molecule has 5 aliphatic rings. The number of fused-ring (bicyclic) bond motifs is 7. The van der Waals surface area contributed by atoms with Crippen molar-refractivity contribution in [1.29, 1.82) is 0 Å². The van der Waals surface area contributed by atoms with Crippen LogP contribution in [0.5, 0.6) is 0 Å². The Hall–Kier alpha value is -0.910. The van der Waals surface area contributed by atoms with E-state index in [0.29, 0.717) is 5.92 Å². The number of aliphatic hydroxyl groups excluding tert-OH is 2. The maximum Gasteiger partial charge on any atom is 0.310 e. The third-order valence-corrected chi connectivity index (χ3v) is 13.4. The first kappa shape index (κ1) is 26.7. The van der Waals surface area contributed by atoms with E-state index in [0.717, 1.165) is 57.8 Å². The summed E-state index contributed by atoms with van der Waals surface area (Å²) in [6.07, 6.45) is 9.76. The summed E-state index contributed by atoms with van der Waals surface area (Å²) in [5, 5.41) is 32.3. The van der Waals surface area contributed by atoms with Gasteiger partial charge in [-0.05, 0) is 97.2 Å². The third-order valence-electron chi connectivity index (χ3n) is 13.4. The lowest BCUT2D eigenvalue weighted by atomic mass is 9.33. The largest absolute Gasteiger partial charge is 0.481 e. The molecule has 4 fully saturated rings. The van der Waals surface area contributed by atoms with Gasteiger partial charge in [-0.3, -0.25) is 4.79 Å². The van der Waals surface area contributed by atoms with Crippen LogP contribution in [0.1, 0.15) is 99.3 Å². The molecule has 10 atom stereocenters. The molecule has 4 saturated carbocycles. The van der Waals surface area contributed by atoms with E-state index in [1.54, 1.807) is 7.11 Å². The molecule has 5 aliphatic carbocycles. The number of ether oxygens (including phenoxy) is 1. The van der Waals surface area contributed by atoms with E-state index in [4.69, 9.17) is 4.74 Å². The highest BCUT2D eigenvalue weighted by atomic mass is 16.5. The lowest BCUT2D eigenvalue weighted by Crippen LogP contribution is -2.68. The number of aliphatic hydroxyl groups is 2. The van der Waals surface area contributed by atoms with Crippen LogP contribution in [-0.2, 0) is 9.53 Å². The van der Waals surface area contributed by atoms with Crippen LogP contribution in [0.4, 0.5) is 0 Å². The van der Waals surface area contributed by atoms with Gasteiger partial charge in [0, 0.05) is 12.5 Å². The molecule has 0 unspecified atom stereocenters. The van der Waals surface area contributed by atoms with Gasteiger partial charge in [0.25, 0.3) is 0 Å². The zero-order chi connectivity index (χ0) is 26.5. The first-order chi connectivity index (χ1) is 16.7. The second-order valence-corrected chi connectivity index (χ2v) is 15.3. The number of carbonyl (C=O) groups is 1. The Morgan fingerprint density at radius 2 is 1.67 bits per heavy atom. The molecule has 0 amide bonds. The zero-order valence-corrected chi connectivity index (χ0v) is 23.7. The molecule has 204 valence electrons. The summed E-state index contributed by atoms with van der Waals surface area (Å²) in [5.74, 6) is 0.158. The number of aliphatic carboxylic acids is 1. The Bertz CT molecular complexity index is 957. The van der Waals surface area contributed by atoms with Crippen LogP contribution >= 0.6 is 0 Å². The van der Waals surface area contributed by atoms with Crippen molar-refractivity contribution in [3.63, 3.8) is 0 Å². The van der Waals surface area contributed by atoms with Gasteiger partial charge >= 0.3 is 5.97 Å². The second-order valence-electron chi connectivity index (χ2n) is 15.3. The number of methoxy groups -OCH3 is 1. The molecule has 0 aromatic heterocycles. The lowest BCUT2D eigenvalue weighted by molar-refractivity contribution is -0.247. The Kier molecular flexibility index (Phi) is 5.97. The molecule has 5 heteroatoms. The van der Waals surface area contributed by atoms with Crippen LogP contribution in [0, 0.1) is 50.2 Å². The van der Waals surface area contributed by atoms with Gasteiger partial charge in [-0.15, -0.1) is 0 Å². The molecule has 0 spiro atoms. The molecule has 0 radical (unpaired) electrons. The predicted molar refractivity (Wildman–Crippen MR) is 140 cm³/mol. The normalized spacial score (nSPS) is 53.8. The molecule has 5 nitrogen and oxygen atoms in total. The minimum atomic E-state index is -0.671. The molecule has 0 aliphatic heterocycles. The van der Waals surface area contributed by atoms with Crippen molar-refractivity contribution in [3.8, 4) is 0 Å². The maximum absolute atomic E-state index is 12.8. The van der Waals surface area contributed by atoms with E-state index in [1.165, 1.54) is 5.57 Å². The fourth-order valence-electron chi connectivity index (χ4n) is 11.0. The molecule has 0 saturated heterocycles. The Balaban J connectivity index is 1.61. The van der Waals surface area contributed by atoms with Crippen LogP contribution in [0.3, 0.4) is 0 Å². The number of carboxylic acids is 1. The highest BCUT2D eigenvalue weighted by molar-refractivity contribution is 5.76. The van der Waals surface area contributed by atoms with Crippen molar-refractivity contribution in [2.45, 2.75) is 112 Å². The lowest BCUT2D eigenvalue weighted by Gasteiger charge is -2.71. The second kappa shape index (κ2) is 8.05. The average molecular weight is 503 g/mol. The fraction of sp³-hybridized carbons (Fsp3) is 0.903. The SMILES string of the molecule is CO[C@@H]1C[C@@]2(C)[C@@H](CC[C@]3(C)[C@@H]2CC=C2[C@@H]4CC(C)(C)CC[C@]4(C(=O)O)CC[C@]23C)[C@](C)(CO)[C@H]1O. The highest BCUT2D eigenvalue weighted by Gasteiger charge is 2.70. The van der Waals surface area contributed by atoms with Crippen LogP contribution in [0.25, 0.3) is 0 Å². The van der Waals surface area contributed by atoms with Crippen molar-refractivity contribution in [1.82, 2.24) is 0 Å². The smallest absolute Gasteiger partial charge is 0.310 e. The van der Waals surface area contributed by atoms with Gasteiger partial charge in [0.2, 0.25) is 0 Å². The minimum absolute atomic E-state index is 0.0326. The quantitative estimate of drug-likeness (QED) is 0.423. The number of hydrogen-bond donors (Lipinski definition) is 3. The first-order valence-electron chi connectivity index (χ1n) is 14.4. The molecule has 0 aromatic carbocycles. The van der Waals surface area contributed by atoms with Crippen LogP contribution in [0.15, 0.2) is 11.6 Å². The topological polar surface area (TPSA) is 87.0 Å². The maximum atomic E-state index is 12.8. The van der Waals surface area contributed by atoms with E-state index in [-0.39, 0.29) is 46.2 Å². The van der Waals surface area contributed by atoms with Crippen LogP contribution < -0.4 is 0 Å². The number of carboxylic acid groups (broad SMARTS) is 1. The van der Waals surface area contributed by atoms with E-state index in [2.05, 4.69) is 47.6 Å². The van der Waals surface area contributed by atoms with E-state index in [1.807, 2.05) is 0 Å². The summed E-state index contributed by atoms with van der Waals surface area (Å²) in [4.78, 5) is 12.8. The van der Waals surface area contributed by atoms with Gasteiger partial charge < -0.3 is 20.1 Å². The van der Waals surface area contributed by atoms with Gasteiger partial charge in [0.15, 0.2) is 0 Å². The molecule has 0 heterocycles. The van der Waals surface area contributed by atoms with Crippen molar-refractivity contribution in [2.75, 3.05) is 13.7 Å². The number of hydrogen-bond acceptors (Lipinski definition) is 4. The summed E-state index contributed by atoms with van der Waals surface area (Å²) >= 11 is 0. The summed E-state index contributed by atoms with van der Waals surface area (Å²) in [6.45, 7) is 14.0. The zero-order valence-electron chi connectivity index (χ0n) is 23.7. The molecule has 5 rings (SSSR count). The molecule has 36 heavy (non-hydrogen) atoms. The molecular weight excluding hydrogens is 452 g/mol. The molecule has 3 N–H and O–H groups in total. The van der Waals surface area contributed by atoms with E-state index in [9.17, 15) is 20.1 Å². The van der Waals surface area contributed by atoms with Gasteiger partial charge in [0.05, 0.1) is 24.2 Å². The van der Waals surface area contributed by atoms with Gasteiger partial charge in [0.1, 0.15) is 0 Å². The number of rotatable bonds is 3. The Morgan fingerprint density at radius 1 is 1.00 bits per heavy atom. The van der Waals surface area contributed by atoms with Crippen LogP contribution in [-0.4, -0.2) is 47.2 Å². The Morgan fingerprint density at radius 3 is 2.28 bits per heavy atom. The van der Waals surface area contributed by atoms with E-state index < -0.39 is 22.9 Å². The minimum Gasteiger partial charge on any atom is -0.481 e. The third kappa shape index (κ3) is 3.14. The summed E-state index contributed by atoms with van der Waals surface area (Å²) in [7, 11) is 1.69. The van der Waals surface area contributed by atoms with E-state index >= 15 is 0 Å². The standard InChI is InChI=1S/C31H50O5/c1-26(2)12-14-31(25(34)35)15-13-29(5)19(20(31)16-26)8-9-23-27(3)17-21(36-7)24(33)28(4,18-32)22(27)10-11-30(23,29)6/h8,20-24,32-33H,9-18H2,1-7H3,(H,34,35)/t20-,21+,22+,23+,24-,27-,28-,29+,30+,31-/m0/s1. The van der Waals surface area contributed by atoms with Gasteiger partial charge in [-0.2, -0.15) is 0 Å². The van der Waals surface area contributed by atoms with Crippen LogP contribution in [0.2, 0.25) is 0 Å². The Labute approximate surface area is 218 Å².